The highest BCUT2D eigenvalue weighted by Gasteiger charge is 2.16. The standard InChI is InChI=1S/C12H16ClNO3/c1-12(2,3)17-11(15)7-16-8-4-5-9(13)10(14)6-8/h4-6H,7,14H2,1-3H3. The molecule has 0 heterocycles. The summed E-state index contributed by atoms with van der Waals surface area (Å²) in [5.41, 5.74) is 5.50. The maximum atomic E-state index is 11.4. The van der Waals surface area contributed by atoms with Crippen LogP contribution in [0.2, 0.25) is 5.02 Å². The molecular formula is C12H16ClNO3. The van der Waals surface area contributed by atoms with Crippen LogP contribution >= 0.6 is 11.6 Å². The van der Waals surface area contributed by atoms with Gasteiger partial charge in [0.05, 0.1) is 10.7 Å². The molecule has 0 amide bonds. The van der Waals surface area contributed by atoms with E-state index in [1.165, 1.54) is 0 Å². The number of halogens is 1. The molecule has 1 rings (SSSR count). The fourth-order valence-corrected chi connectivity index (χ4v) is 1.24. The lowest BCUT2D eigenvalue weighted by molar-refractivity contribution is -0.157. The van der Waals surface area contributed by atoms with Gasteiger partial charge in [-0.15, -0.1) is 0 Å². The van der Waals surface area contributed by atoms with E-state index in [-0.39, 0.29) is 6.61 Å². The summed E-state index contributed by atoms with van der Waals surface area (Å²) < 4.78 is 10.3. The minimum absolute atomic E-state index is 0.154. The molecule has 0 aliphatic carbocycles. The molecule has 0 bridgehead atoms. The monoisotopic (exact) mass is 257 g/mol. The maximum absolute atomic E-state index is 11.4. The van der Waals surface area contributed by atoms with Gasteiger partial charge in [0.25, 0.3) is 0 Å². The number of esters is 1. The van der Waals surface area contributed by atoms with Crippen LogP contribution in [0.15, 0.2) is 18.2 Å². The van der Waals surface area contributed by atoms with Crippen molar-refractivity contribution < 1.29 is 14.3 Å². The second-order valence-electron chi connectivity index (χ2n) is 4.56. The Morgan fingerprint density at radius 2 is 2.06 bits per heavy atom. The van der Waals surface area contributed by atoms with Crippen molar-refractivity contribution in [3.8, 4) is 5.75 Å². The third kappa shape index (κ3) is 4.95. The number of ether oxygens (including phenoxy) is 2. The Labute approximate surface area is 106 Å². The fourth-order valence-electron chi connectivity index (χ4n) is 1.12. The quantitative estimate of drug-likeness (QED) is 0.668. The first-order chi connectivity index (χ1) is 7.78. The average Bonchev–Trinajstić information content (AvgIpc) is 2.17. The molecular weight excluding hydrogens is 242 g/mol. The van der Waals surface area contributed by atoms with Crippen LogP contribution in [0, 0.1) is 0 Å². The number of nitrogen functional groups attached to an aromatic ring is 1. The maximum Gasteiger partial charge on any atom is 0.344 e. The molecule has 0 atom stereocenters. The van der Waals surface area contributed by atoms with Gasteiger partial charge in [-0.25, -0.2) is 4.79 Å². The van der Waals surface area contributed by atoms with Crippen molar-refractivity contribution in [1.29, 1.82) is 0 Å². The minimum atomic E-state index is -0.514. The number of carbonyl (C=O) groups is 1. The van der Waals surface area contributed by atoms with Crippen molar-refractivity contribution >= 4 is 23.3 Å². The number of nitrogens with two attached hydrogens (primary N) is 1. The number of hydrogen-bond donors (Lipinski definition) is 1. The molecule has 0 aliphatic heterocycles. The van der Waals surface area contributed by atoms with Gasteiger partial charge in [0.1, 0.15) is 11.4 Å². The van der Waals surface area contributed by atoms with E-state index in [1.807, 2.05) is 0 Å². The molecule has 0 saturated carbocycles. The summed E-state index contributed by atoms with van der Waals surface area (Å²) in [4.78, 5) is 11.4. The van der Waals surface area contributed by atoms with Crippen LogP contribution < -0.4 is 10.5 Å². The molecule has 4 nitrogen and oxygen atoms in total. The van der Waals surface area contributed by atoms with Gasteiger partial charge in [0, 0.05) is 6.07 Å². The van der Waals surface area contributed by atoms with Gasteiger partial charge in [0.15, 0.2) is 6.61 Å². The molecule has 1 aromatic carbocycles. The third-order valence-corrected chi connectivity index (χ3v) is 2.09. The third-order valence-electron chi connectivity index (χ3n) is 1.74. The van der Waals surface area contributed by atoms with Crippen molar-refractivity contribution in [3.05, 3.63) is 23.2 Å². The number of hydrogen-bond acceptors (Lipinski definition) is 4. The second-order valence-corrected chi connectivity index (χ2v) is 4.97. The number of carbonyl (C=O) groups excluding carboxylic acids is 1. The topological polar surface area (TPSA) is 61.5 Å². The number of rotatable bonds is 3. The first-order valence-electron chi connectivity index (χ1n) is 5.17. The number of anilines is 1. The average molecular weight is 258 g/mol. The summed E-state index contributed by atoms with van der Waals surface area (Å²) >= 11 is 5.76. The minimum Gasteiger partial charge on any atom is -0.482 e. The molecule has 2 N–H and O–H groups in total. The van der Waals surface area contributed by atoms with Crippen LogP contribution in [0.1, 0.15) is 20.8 Å². The van der Waals surface area contributed by atoms with Gasteiger partial charge in [0.2, 0.25) is 0 Å². The Balaban J connectivity index is 2.50. The smallest absolute Gasteiger partial charge is 0.344 e. The van der Waals surface area contributed by atoms with Crippen molar-refractivity contribution in [1.82, 2.24) is 0 Å². The van der Waals surface area contributed by atoms with Crippen LogP contribution in [0.4, 0.5) is 5.69 Å². The molecule has 0 saturated heterocycles. The molecule has 94 valence electrons. The molecule has 0 unspecified atom stereocenters. The zero-order valence-electron chi connectivity index (χ0n) is 10.1. The lowest BCUT2D eigenvalue weighted by Crippen LogP contribution is -2.27. The van der Waals surface area contributed by atoms with E-state index in [1.54, 1.807) is 39.0 Å². The van der Waals surface area contributed by atoms with Crippen LogP contribution in [0.5, 0.6) is 5.75 Å². The summed E-state index contributed by atoms with van der Waals surface area (Å²) in [6.07, 6.45) is 0. The summed E-state index contributed by atoms with van der Waals surface area (Å²) in [6.45, 7) is 5.24. The Kier molecular flexibility index (Phi) is 4.23. The Bertz CT molecular complexity index is 413. The van der Waals surface area contributed by atoms with E-state index < -0.39 is 11.6 Å². The highest BCUT2D eigenvalue weighted by atomic mass is 35.5. The highest BCUT2D eigenvalue weighted by molar-refractivity contribution is 6.33. The van der Waals surface area contributed by atoms with Crippen LogP contribution in [-0.4, -0.2) is 18.2 Å². The summed E-state index contributed by atoms with van der Waals surface area (Å²) in [7, 11) is 0. The normalized spacial score (nSPS) is 11.1. The SMILES string of the molecule is CC(C)(C)OC(=O)COc1ccc(Cl)c(N)c1. The van der Waals surface area contributed by atoms with Gasteiger partial charge in [-0.1, -0.05) is 11.6 Å². The molecule has 0 radical (unpaired) electrons. The van der Waals surface area contributed by atoms with Crippen LogP contribution in [0.3, 0.4) is 0 Å². The zero-order valence-corrected chi connectivity index (χ0v) is 10.9. The van der Waals surface area contributed by atoms with E-state index in [9.17, 15) is 4.79 Å². The van der Waals surface area contributed by atoms with Crippen molar-refractivity contribution in [3.63, 3.8) is 0 Å². The van der Waals surface area contributed by atoms with E-state index in [0.29, 0.717) is 16.5 Å². The predicted molar refractivity (Wildman–Crippen MR) is 67.2 cm³/mol. The van der Waals surface area contributed by atoms with E-state index >= 15 is 0 Å². The number of benzene rings is 1. The van der Waals surface area contributed by atoms with E-state index in [2.05, 4.69) is 0 Å². The van der Waals surface area contributed by atoms with Gasteiger partial charge in [-0.05, 0) is 32.9 Å². The van der Waals surface area contributed by atoms with E-state index in [4.69, 9.17) is 26.8 Å². The van der Waals surface area contributed by atoms with Crippen molar-refractivity contribution in [2.75, 3.05) is 12.3 Å². The van der Waals surface area contributed by atoms with Gasteiger partial charge >= 0.3 is 5.97 Å². The Morgan fingerprint density at radius 3 is 2.59 bits per heavy atom. The Morgan fingerprint density at radius 1 is 1.41 bits per heavy atom. The van der Waals surface area contributed by atoms with Gasteiger partial charge < -0.3 is 15.2 Å². The molecule has 0 aromatic heterocycles. The predicted octanol–water partition coefficient (Wildman–Crippen LogP) is 2.64. The largest absolute Gasteiger partial charge is 0.482 e. The molecule has 0 aliphatic rings. The summed E-state index contributed by atoms with van der Waals surface area (Å²) in [5.74, 6) is 0.0591. The highest BCUT2D eigenvalue weighted by Crippen LogP contribution is 2.23. The first kappa shape index (κ1) is 13.6. The molecule has 0 spiro atoms. The van der Waals surface area contributed by atoms with Crippen LogP contribution in [0.25, 0.3) is 0 Å². The lowest BCUT2D eigenvalue weighted by atomic mass is 10.2. The molecule has 1 aromatic rings. The Hall–Kier alpha value is -1.42. The van der Waals surface area contributed by atoms with Crippen molar-refractivity contribution in [2.45, 2.75) is 26.4 Å². The second kappa shape index (κ2) is 5.27. The first-order valence-corrected chi connectivity index (χ1v) is 5.55. The molecule has 17 heavy (non-hydrogen) atoms. The van der Waals surface area contributed by atoms with Gasteiger partial charge in [-0.2, -0.15) is 0 Å². The van der Waals surface area contributed by atoms with Crippen LogP contribution in [-0.2, 0) is 9.53 Å². The van der Waals surface area contributed by atoms with Crippen molar-refractivity contribution in [2.24, 2.45) is 0 Å². The molecule has 5 heteroatoms. The molecule has 0 fully saturated rings. The van der Waals surface area contributed by atoms with Gasteiger partial charge in [-0.3, -0.25) is 0 Å². The zero-order chi connectivity index (χ0) is 13.1. The fraction of sp³-hybridized carbons (Fsp3) is 0.417. The summed E-state index contributed by atoms with van der Waals surface area (Å²) in [6, 6.07) is 4.82. The lowest BCUT2D eigenvalue weighted by Gasteiger charge is -2.19. The van der Waals surface area contributed by atoms with E-state index in [0.717, 1.165) is 0 Å². The summed E-state index contributed by atoms with van der Waals surface area (Å²) in [5, 5.41) is 0.453.